The molecule has 0 aliphatic heterocycles. The van der Waals surface area contributed by atoms with Crippen molar-refractivity contribution in [3.05, 3.63) is 59.1 Å². The van der Waals surface area contributed by atoms with Crippen LogP contribution in [0.5, 0.6) is 0 Å². The average Bonchev–Trinajstić information content (AvgIpc) is 3.06. The molecule has 0 N–H and O–H groups in total. The number of rotatable bonds is 4. The number of methoxy groups -OCH3 is 1. The van der Waals surface area contributed by atoms with E-state index < -0.39 is 11.6 Å². The first kappa shape index (κ1) is 16.6. The lowest BCUT2D eigenvalue weighted by molar-refractivity contribution is 0.111. The predicted octanol–water partition coefficient (Wildman–Crippen LogP) is 3.84. The molecule has 2 aromatic rings. The monoisotopic (exact) mass is 341 g/mol. The molecule has 25 heavy (non-hydrogen) atoms. The molecule has 1 aromatic heterocycles. The highest BCUT2D eigenvalue weighted by Gasteiger charge is 2.20. The van der Waals surface area contributed by atoms with Crippen molar-refractivity contribution < 1.29 is 18.3 Å². The number of hydrogen-bond acceptors (Lipinski definition) is 4. The van der Waals surface area contributed by atoms with Crippen molar-refractivity contribution in [3.8, 4) is 17.5 Å². The van der Waals surface area contributed by atoms with Crippen LogP contribution in [0.15, 0.2) is 42.1 Å². The summed E-state index contributed by atoms with van der Waals surface area (Å²) in [5, 5.41) is 8.83. The van der Waals surface area contributed by atoms with E-state index in [1.807, 2.05) is 0 Å². The third-order valence-corrected chi connectivity index (χ3v) is 3.92. The Morgan fingerprint density at radius 2 is 2.16 bits per heavy atom. The molecular formula is C18H13F2N3O2. The van der Waals surface area contributed by atoms with Crippen molar-refractivity contribution in [3.63, 3.8) is 0 Å². The second-order valence-electron chi connectivity index (χ2n) is 5.39. The van der Waals surface area contributed by atoms with Crippen LogP contribution in [0, 0.1) is 17.1 Å². The van der Waals surface area contributed by atoms with E-state index in [0.717, 1.165) is 0 Å². The molecule has 0 unspecified atom stereocenters. The number of hydrogen-bond donors (Lipinski definition) is 0. The molecular weight excluding hydrogens is 328 g/mol. The van der Waals surface area contributed by atoms with Crippen LogP contribution in [-0.4, -0.2) is 22.9 Å². The summed E-state index contributed by atoms with van der Waals surface area (Å²) in [5.74, 6) is -0.634. The molecule has 1 aliphatic rings. The molecule has 1 aromatic carbocycles. The van der Waals surface area contributed by atoms with Crippen LogP contribution in [0.25, 0.3) is 17.1 Å². The van der Waals surface area contributed by atoms with Crippen LogP contribution < -0.4 is 0 Å². The van der Waals surface area contributed by atoms with Crippen LogP contribution in [0.2, 0.25) is 0 Å². The molecule has 7 heteroatoms. The summed E-state index contributed by atoms with van der Waals surface area (Å²) < 4.78 is 34.5. The maximum atomic E-state index is 14.0. The fourth-order valence-electron chi connectivity index (χ4n) is 2.67. The number of benzene rings is 1. The molecule has 0 saturated carbocycles. The molecule has 0 amide bonds. The van der Waals surface area contributed by atoms with Crippen molar-refractivity contribution in [2.75, 3.05) is 7.11 Å². The van der Waals surface area contributed by atoms with Gasteiger partial charge < -0.3 is 9.30 Å². The number of carbonyl (C=O) groups excluding carboxylic acids is 1. The lowest BCUT2D eigenvalue weighted by Gasteiger charge is -2.17. The maximum Gasteiger partial charge on any atom is 0.170 e. The molecule has 126 valence electrons. The Morgan fingerprint density at radius 3 is 2.76 bits per heavy atom. The van der Waals surface area contributed by atoms with Crippen LogP contribution in [0.1, 0.15) is 28.9 Å². The van der Waals surface area contributed by atoms with Gasteiger partial charge in [-0.1, -0.05) is 0 Å². The Bertz CT molecular complexity index is 952. The SMILES string of the molecule is COC1=C(F)C=C(n2cc(C=O)nc2-c2ccc(C#N)c(F)c2)CC1. The maximum absolute atomic E-state index is 14.0. The van der Waals surface area contributed by atoms with Gasteiger partial charge in [-0.05, 0) is 30.7 Å². The summed E-state index contributed by atoms with van der Waals surface area (Å²) in [6.07, 6.45) is 4.18. The topological polar surface area (TPSA) is 67.9 Å². The molecule has 0 bridgehead atoms. The van der Waals surface area contributed by atoms with Gasteiger partial charge in [0.1, 0.15) is 29.2 Å². The van der Waals surface area contributed by atoms with Crippen LogP contribution in [-0.2, 0) is 4.74 Å². The molecule has 3 rings (SSSR count). The number of nitriles is 1. The molecule has 0 atom stereocenters. The first-order valence-electron chi connectivity index (χ1n) is 7.45. The zero-order chi connectivity index (χ0) is 18.0. The minimum absolute atomic E-state index is 0.0898. The summed E-state index contributed by atoms with van der Waals surface area (Å²) in [4.78, 5) is 15.3. The number of ether oxygens (including phenoxy) is 1. The van der Waals surface area contributed by atoms with Gasteiger partial charge in [0.25, 0.3) is 0 Å². The third kappa shape index (κ3) is 3.06. The number of imidazole rings is 1. The van der Waals surface area contributed by atoms with E-state index in [1.165, 1.54) is 37.6 Å². The molecule has 0 radical (unpaired) electrons. The second-order valence-corrected chi connectivity index (χ2v) is 5.39. The van der Waals surface area contributed by atoms with Gasteiger partial charge in [0.2, 0.25) is 0 Å². The Hall–Kier alpha value is -3.27. The Morgan fingerprint density at radius 1 is 1.36 bits per heavy atom. The van der Waals surface area contributed by atoms with Crippen molar-refractivity contribution in [2.45, 2.75) is 12.8 Å². The number of nitrogens with zero attached hydrogens (tertiary/aromatic N) is 3. The van der Waals surface area contributed by atoms with Gasteiger partial charge in [-0.3, -0.25) is 4.79 Å². The van der Waals surface area contributed by atoms with Gasteiger partial charge in [0, 0.05) is 23.9 Å². The van der Waals surface area contributed by atoms with Gasteiger partial charge in [-0.15, -0.1) is 0 Å². The summed E-state index contributed by atoms with van der Waals surface area (Å²) in [5.41, 5.74) is 1.00. The first-order valence-corrected chi connectivity index (χ1v) is 7.45. The molecule has 5 nitrogen and oxygen atoms in total. The normalized spacial score (nSPS) is 14.1. The van der Waals surface area contributed by atoms with Crippen molar-refractivity contribution >= 4 is 12.0 Å². The van der Waals surface area contributed by atoms with Crippen LogP contribution in [0.3, 0.4) is 0 Å². The Kier molecular flexibility index (Phi) is 4.44. The smallest absolute Gasteiger partial charge is 0.170 e. The predicted molar refractivity (Wildman–Crippen MR) is 86.4 cm³/mol. The van der Waals surface area contributed by atoms with Crippen LogP contribution >= 0.6 is 0 Å². The lowest BCUT2D eigenvalue weighted by atomic mass is 10.1. The van der Waals surface area contributed by atoms with Crippen LogP contribution in [0.4, 0.5) is 8.78 Å². The van der Waals surface area contributed by atoms with E-state index in [4.69, 9.17) is 10.00 Å². The quantitative estimate of drug-likeness (QED) is 0.793. The van der Waals surface area contributed by atoms with Gasteiger partial charge >= 0.3 is 0 Å². The highest BCUT2D eigenvalue weighted by atomic mass is 19.1. The van der Waals surface area contributed by atoms with Crippen molar-refractivity contribution in [1.29, 1.82) is 5.26 Å². The number of allylic oxidation sites excluding steroid dienone is 4. The number of carbonyl (C=O) groups is 1. The van der Waals surface area contributed by atoms with Gasteiger partial charge in [0.15, 0.2) is 12.1 Å². The summed E-state index contributed by atoms with van der Waals surface area (Å²) in [6.45, 7) is 0. The standard InChI is InChI=1S/C18H13F2N3O2/c1-25-17-5-4-14(7-16(17)20)23-9-13(10-24)22-18(23)11-2-3-12(8-21)15(19)6-11/h2-3,6-7,9-10H,4-5H2,1H3. The van der Waals surface area contributed by atoms with E-state index in [1.54, 1.807) is 10.6 Å². The number of aldehydes is 1. The van der Waals surface area contributed by atoms with E-state index in [-0.39, 0.29) is 17.0 Å². The zero-order valence-electron chi connectivity index (χ0n) is 13.3. The molecule has 1 aliphatic carbocycles. The average molecular weight is 341 g/mol. The minimum Gasteiger partial charge on any atom is -0.498 e. The van der Waals surface area contributed by atoms with Gasteiger partial charge in [0.05, 0.1) is 12.7 Å². The second kappa shape index (κ2) is 6.69. The summed E-state index contributed by atoms with van der Waals surface area (Å²) >= 11 is 0. The number of aromatic nitrogens is 2. The van der Waals surface area contributed by atoms with E-state index in [2.05, 4.69) is 4.98 Å². The Labute approximate surface area is 142 Å². The molecule has 0 spiro atoms. The zero-order valence-corrected chi connectivity index (χ0v) is 13.3. The van der Waals surface area contributed by atoms with E-state index in [0.29, 0.717) is 36.2 Å². The van der Waals surface area contributed by atoms with E-state index in [9.17, 15) is 13.6 Å². The third-order valence-electron chi connectivity index (χ3n) is 3.92. The fraction of sp³-hybridized carbons (Fsp3) is 0.167. The van der Waals surface area contributed by atoms with Crippen molar-refractivity contribution in [1.82, 2.24) is 9.55 Å². The summed E-state index contributed by atoms with van der Waals surface area (Å²) in [7, 11) is 1.40. The fourth-order valence-corrected chi connectivity index (χ4v) is 2.67. The van der Waals surface area contributed by atoms with E-state index >= 15 is 0 Å². The molecule has 0 fully saturated rings. The Balaban J connectivity index is 2.12. The largest absolute Gasteiger partial charge is 0.498 e. The lowest BCUT2D eigenvalue weighted by Crippen LogP contribution is -2.05. The van der Waals surface area contributed by atoms with Crippen molar-refractivity contribution in [2.24, 2.45) is 0 Å². The number of halogens is 2. The van der Waals surface area contributed by atoms with Gasteiger partial charge in [-0.2, -0.15) is 5.26 Å². The minimum atomic E-state index is -0.687. The first-order chi connectivity index (χ1) is 12.1. The highest BCUT2D eigenvalue weighted by Crippen LogP contribution is 2.32. The molecule has 0 saturated heterocycles. The molecule has 1 heterocycles. The highest BCUT2D eigenvalue weighted by molar-refractivity contribution is 5.76. The summed E-state index contributed by atoms with van der Waals surface area (Å²) in [6, 6.07) is 5.78. The van der Waals surface area contributed by atoms with Gasteiger partial charge in [-0.25, -0.2) is 13.8 Å².